The first-order chi connectivity index (χ1) is 9.41. The van der Waals surface area contributed by atoms with Gasteiger partial charge in [-0.15, -0.1) is 0 Å². The van der Waals surface area contributed by atoms with Gasteiger partial charge in [0.05, 0.1) is 12.8 Å². The van der Waals surface area contributed by atoms with Crippen LogP contribution in [0.5, 0.6) is 0 Å². The van der Waals surface area contributed by atoms with Gasteiger partial charge >= 0.3 is 0 Å². The fraction of sp³-hybridized carbons (Fsp3) is 0.688. The lowest BCUT2D eigenvalue weighted by Crippen LogP contribution is -2.27. The molecule has 3 nitrogen and oxygen atoms in total. The molecular formula is C16H25FN2O. The molecule has 20 heavy (non-hydrogen) atoms. The first kappa shape index (κ1) is 15.2. The molecule has 1 atom stereocenters. The highest BCUT2D eigenvalue weighted by atomic mass is 19.1. The third-order valence-corrected chi connectivity index (χ3v) is 4.33. The van der Waals surface area contributed by atoms with Crippen LogP contribution in [0.25, 0.3) is 0 Å². The van der Waals surface area contributed by atoms with Crippen molar-refractivity contribution in [1.29, 1.82) is 0 Å². The molecule has 0 bridgehead atoms. The van der Waals surface area contributed by atoms with Gasteiger partial charge in [0.2, 0.25) is 0 Å². The van der Waals surface area contributed by atoms with Gasteiger partial charge in [-0.3, -0.25) is 0 Å². The first-order valence-corrected chi connectivity index (χ1v) is 7.42. The Morgan fingerprint density at radius 2 is 2.10 bits per heavy atom. The minimum Gasteiger partial charge on any atom is -0.392 e. The Kier molecular flexibility index (Phi) is 4.63. The van der Waals surface area contributed by atoms with Gasteiger partial charge in [0.1, 0.15) is 11.6 Å². The van der Waals surface area contributed by atoms with Crippen LogP contribution in [0.1, 0.15) is 45.6 Å². The standard InChI is InChI=1S/C16H25FN2O/c1-16(2,3)13-5-4-7-19(8-6-13)15-12(11-20)9-14(17)10-18-15/h9-10,13,20H,4-8,11H2,1-3H3. The van der Waals surface area contributed by atoms with E-state index in [9.17, 15) is 9.50 Å². The number of rotatable bonds is 2. The van der Waals surface area contributed by atoms with Gasteiger partial charge in [-0.25, -0.2) is 9.37 Å². The van der Waals surface area contributed by atoms with Gasteiger partial charge in [-0.1, -0.05) is 20.8 Å². The van der Waals surface area contributed by atoms with Gasteiger partial charge in [-0.05, 0) is 36.7 Å². The molecule has 0 saturated carbocycles. The van der Waals surface area contributed by atoms with Crippen molar-refractivity contribution in [3.63, 3.8) is 0 Å². The van der Waals surface area contributed by atoms with Crippen molar-refractivity contribution in [3.05, 3.63) is 23.6 Å². The highest BCUT2D eigenvalue weighted by molar-refractivity contribution is 5.46. The number of pyridine rings is 1. The summed E-state index contributed by atoms with van der Waals surface area (Å²) in [5.41, 5.74) is 0.908. The van der Waals surface area contributed by atoms with Crippen LogP contribution in [0.2, 0.25) is 0 Å². The Morgan fingerprint density at radius 1 is 1.35 bits per heavy atom. The molecule has 1 aromatic rings. The average molecular weight is 280 g/mol. The molecule has 0 aliphatic carbocycles. The number of aliphatic hydroxyl groups is 1. The lowest BCUT2D eigenvalue weighted by molar-refractivity contribution is 0.220. The Bertz CT molecular complexity index is 456. The summed E-state index contributed by atoms with van der Waals surface area (Å²) in [7, 11) is 0. The number of halogens is 1. The second-order valence-electron chi connectivity index (χ2n) is 6.78. The minimum atomic E-state index is -0.389. The van der Waals surface area contributed by atoms with Crippen molar-refractivity contribution in [2.24, 2.45) is 11.3 Å². The summed E-state index contributed by atoms with van der Waals surface area (Å²) in [6, 6.07) is 1.38. The molecule has 1 unspecified atom stereocenters. The van der Waals surface area contributed by atoms with Crippen molar-refractivity contribution in [2.45, 2.75) is 46.6 Å². The Labute approximate surface area is 120 Å². The maximum absolute atomic E-state index is 13.2. The number of aromatic nitrogens is 1. The molecule has 1 aliphatic heterocycles. The largest absolute Gasteiger partial charge is 0.392 e. The van der Waals surface area contributed by atoms with Crippen LogP contribution in [0.3, 0.4) is 0 Å². The number of nitrogens with zero attached hydrogens (tertiary/aromatic N) is 2. The maximum Gasteiger partial charge on any atom is 0.142 e. The van der Waals surface area contributed by atoms with E-state index in [0.717, 1.165) is 31.7 Å². The number of aliphatic hydroxyl groups excluding tert-OH is 1. The second-order valence-corrected chi connectivity index (χ2v) is 6.78. The number of hydrogen-bond acceptors (Lipinski definition) is 3. The zero-order valence-corrected chi connectivity index (χ0v) is 12.7. The second kappa shape index (κ2) is 6.08. The molecular weight excluding hydrogens is 255 g/mol. The molecule has 1 aromatic heterocycles. The summed E-state index contributed by atoms with van der Waals surface area (Å²) in [6.07, 6.45) is 4.69. The summed E-state index contributed by atoms with van der Waals surface area (Å²) >= 11 is 0. The average Bonchev–Trinajstić information content (AvgIpc) is 2.63. The quantitative estimate of drug-likeness (QED) is 0.902. The van der Waals surface area contributed by atoms with Crippen LogP contribution < -0.4 is 4.90 Å². The van der Waals surface area contributed by atoms with E-state index in [0.29, 0.717) is 16.9 Å². The Hall–Kier alpha value is -1.16. The van der Waals surface area contributed by atoms with Crippen LogP contribution in [0.15, 0.2) is 12.3 Å². The summed E-state index contributed by atoms with van der Waals surface area (Å²) in [6.45, 7) is 8.57. The van der Waals surface area contributed by atoms with Crippen molar-refractivity contribution in [1.82, 2.24) is 4.98 Å². The smallest absolute Gasteiger partial charge is 0.142 e. The van der Waals surface area contributed by atoms with E-state index in [1.807, 2.05) is 0 Å². The molecule has 112 valence electrons. The molecule has 4 heteroatoms. The molecule has 0 amide bonds. The highest BCUT2D eigenvalue weighted by Crippen LogP contribution is 2.35. The van der Waals surface area contributed by atoms with Crippen LogP contribution in [-0.2, 0) is 6.61 Å². The van der Waals surface area contributed by atoms with Crippen molar-refractivity contribution >= 4 is 5.82 Å². The lowest BCUT2D eigenvalue weighted by Gasteiger charge is -2.30. The SMILES string of the molecule is CC(C)(C)C1CCCN(c2ncc(F)cc2CO)CC1. The van der Waals surface area contributed by atoms with Crippen LogP contribution in [0, 0.1) is 17.2 Å². The third kappa shape index (κ3) is 3.48. The monoisotopic (exact) mass is 280 g/mol. The van der Waals surface area contributed by atoms with E-state index in [1.165, 1.54) is 18.7 Å². The topological polar surface area (TPSA) is 36.4 Å². The molecule has 1 saturated heterocycles. The van der Waals surface area contributed by atoms with E-state index < -0.39 is 0 Å². The van der Waals surface area contributed by atoms with Crippen LogP contribution in [-0.4, -0.2) is 23.2 Å². The Morgan fingerprint density at radius 3 is 2.75 bits per heavy atom. The molecule has 0 radical (unpaired) electrons. The van der Waals surface area contributed by atoms with Gasteiger partial charge in [0.25, 0.3) is 0 Å². The molecule has 0 aromatic carbocycles. The molecule has 1 aliphatic rings. The van der Waals surface area contributed by atoms with E-state index >= 15 is 0 Å². The van der Waals surface area contributed by atoms with E-state index in [2.05, 4.69) is 30.7 Å². The van der Waals surface area contributed by atoms with Gasteiger partial charge in [-0.2, -0.15) is 0 Å². The molecule has 0 spiro atoms. The highest BCUT2D eigenvalue weighted by Gasteiger charge is 2.27. The first-order valence-electron chi connectivity index (χ1n) is 7.42. The van der Waals surface area contributed by atoms with Crippen molar-refractivity contribution in [2.75, 3.05) is 18.0 Å². The van der Waals surface area contributed by atoms with E-state index in [-0.39, 0.29) is 12.4 Å². The predicted molar refractivity (Wildman–Crippen MR) is 79.1 cm³/mol. The number of anilines is 1. The fourth-order valence-corrected chi connectivity index (χ4v) is 3.05. The molecule has 1 fully saturated rings. The third-order valence-electron chi connectivity index (χ3n) is 4.33. The molecule has 1 N–H and O–H groups in total. The summed E-state index contributed by atoms with van der Waals surface area (Å²) in [4.78, 5) is 6.38. The summed E-state index contributed by atoms with van der Waals surface area (Å²) < 4.78 is 13.2. The van der Waals surface area contributed by atoms with Crippen molar-refractivity contribution in [3.8, 4) is 0 Å². The predicted octanol–water partition coefficient (Wildman–Crippen LogP) is 3.37. The van der Waals surface area contributed by atoms with Crippen molar-refractivity contribution < 1.29 is 9.50 Å². The Balaban J connectivity index is 2.15. The normalized spacial score (nSPS) is 20.9. The van der Waals surface area contributed by atoms with E-state index in [4.69, 9.17) is 0 Å². The van der Waals surface area contributed by atoms with E-state index in [1.54, 1.807) is 0 Å². The van der Waals surface area contributed by atoms with Crippen LogP contribution >= 0.6 is 0 Å². The zero-order valence-electron chi connectivity index (χ0n) is 12.7. The van der Waals surface area contributed by atoms with Gasteiger partial charge in [0.15, 0.2) is 0 Å². The fourth-order valence-electron chi connectivity index (χ4n) is 3.05. The minimum absolute atomic E-state index is 0.167. The lowest BCUT2D eigenvalue weighted by atomic mass is 9.77. The zero-order chi connectivity index (χ0) is 14.8. The van der Waals surface area contributed by atoms with Crippen LogP contribution in [0.4, 0.5) is 10.2 Å². The maximum atomic E-state index is 13.2. The van der Waals surface area contributed by atoms with Gasteiger partial charge < -0.3 is 10.0 Å². The number of hydrogen-bond donors (Lipinski definition) is 1. The van der Waals surface area contributed by atoms with Gasteiger partial charge in [0, 0.05) is 18.7 Å². The summed E-state index contributed by atoms with van der Waals surface area (Å²) in [5, 5.41) is 9.39. The molecule has 2 rings (SSSR count). The summed E-state index contributed by atoms with van der Waals surface area (Å²) in [5.74, 6) is 1.05. The molecule has 2 heterocycles.